The lowest BCUT2D eigenvalue weighted by Gasteiger charge is -2.26. The monoisotopic (exact) mass is 445 g/mol. The molecule has 9 nitrogen and oxygen atoms in total. The van der Waals surface area contributed by atoms with Crippen molar-refractivity contribution < 1.29 is 5.11 Å². The highest BCUT2D eigenvalue weighted by Gasteiger charge is 2.26. The number of hydrogen-bond donors (Lipinski definition) is 1. The first kappa shape index (κ1) is 19.1. The Morgan fingerprint density at radius 3 is 2.75 bits per heavy atom. The highest BCUT2D eigenvalue weighted by molar-refractivity contribution is 7.19. The minimum absolute atomic E-state index is 0.202. The van der Waals surface area contributed by atoms with Gasteiger partial charge in [0, 0.05) is 30.7 Å². The van der Waals surface area contributed by atoms with Crippen LogP contribution in [0.25, 0.3) is 15.9 Å². The zero-order valence-electron chi connectivity index (χ0n) is 17.0. The summed E-state index contributed by atoms with van der Waals surface area (Å²) < 4.78 is 3.16. The summed E-state index contributed by atoms with van der Waals surface area (Å²) in [7, 11) is 0. The largest absolute Gasteiger partial charge is 0.508 e. The molecular weight excluding hydrogens is 426 g/mol. The molecule has 0 fully saturated rings. The minimum Gasteiger partial charge on any atom is -0.508 e. The van der Waals surface area contributed by atoms with E-state index < -0.39 is 0 Å². The molecule has 1 aromatic carbocycles. The van der Waals surface area contributed by atoms with E-state index in [1.165, 1.54) is 21.3 Å². The van der Waals surface area contributed by atoms with E-state index in [-0.39, 0.29) is 11.4 Å². The minimum atomic E-state index is -0.213. The highest BCUT2D eigenvalue weighted by atomic mass is 32.1. The summed E-state index contributed by atoms with van der Waals surface area (Å²) >= 11 is 1.65. The van der Waals surface area contributed by atoms with Crippen molar-refractivity contribution in [2.75, 3.05) is 6.54 Å². The average Bonchev–Trinajstić information content (AvgIpc) is 3.43. The van der Waals surface area contributed by atoms with Gasteiger partial charge in [-0.05, 0) is 35.7 Å². The second-order valence-corrected chi connectivity index (χ2v) is 8.96. The lowest BCUT2D eigenvalue weighted by atomic mass is 10.0. The van der Waals surface area contributed by atoms with Gasteiger partial charge in [0.25, 0.3) is 0 Å². The fraction of sp³-hybridized carbons (Fsp3) is 0.227. The number of aromatic nitrogens is 6. The van der Waals surface area contributed by atoms with Gasteiger partial charge in [-0.25, -0.2) is 19.7 Å². The van der Waals surface area contributed by atoms with Crippen LogP contribution in [0.2, 0.25) is 0 Å². The summed E-state index contributed by atoms with van der Waals surface area (Å²) in [6, 6.07) is 8.87. The van der Waals surface area contributed by atoms with Crippen LogP contribution in [0.1, 0.15) is 21.7 Å². The third-order valence-corrected chi connectivity index (χ3v) is 7.09. The molecule has 0 bridgehead atoms. The van der Waals surface area contributed by atoms with Crippen LogP contribution in [0.5, 0.6) is 5.75 Å². The molecule has 160 valence electrons. The van der Waals surface area contributed by atoms with Gasteiger partial charge >= 0.3 is 5.69 Å². The number of aromatic hydroxyl groups is 1. The normalized spacial score (nSPS) is 14.2. The van der Waals surface area contributed by atoms with Crippen molar-refractivity contribution in [2.24, 2.45) is 0 Å². The van der Waals surface area contributed by atoms with Gasteiger partial charge in [-0.2, -0.15) is 9.61 Å². The number of rotatable bonds is 4. The molecule has 10 heteroatoms. The molecule has 5 heterocycles. The summed E-state index contributed by atoms with van der Waals surface area (Å²) in [5.74, 6) is 0.202. The summed E-state index contributed by atoms with van der Waals surface area (Å²) in [6.07, 6.45) is 5.66. The maximum absolute atomic E-state index is 13.2. The van der Waals surface area contributed by atoms with E-state index in [0.29, 0.717) is 12.2 Å². The maximum atomic E-state index is 13.2. The molecule has 1 N–H and O–H groups in total. The van der Waals surface area contributed by atoms with E-state index in [1.54, 1.807) is 40.6 Å². The third kappa shape index (κ3) is 3.15. The van der Waals surface area contributed by atoms with Gasteiger partial charge in [0.1, 0.15) is 23.2 Å². The van der Waals surface area contributed by atoms with Gasteiger partial charge in [0.05, 0.1) is 17.6 Å². The van der Waals surface area contributed by atoms with Gasteiger partial charge < -0.3 is 5.11 Å². The molecule has 32 heavy (non-hydrogen) atoms. The van der Waals surface area contributed by atoms with Crippen LogP contribution in [0.15, 0.2) is 54.0 Å². The quantitative estimate of drug-likeness (QED) is 0.453. The van der Waals surface area contributed by atoms with E-state index in [4.69, 9.17) is 0 Å². The van der Waals surface area contributed by atoms with Crippen LogP contribution in [-0.2, 0) is 26.1 Å². The molecule has 1 aliphatic heterocycles. The van der Waals surface area contributed by atoms with E-state index in [2.05, 4.69) is 25.0 Å². The Kier molecular flexibility index (Phi) is 4.47. The number of fused-ring (bicyclic) bond motifs is 5. The van der Waals surface area contributed by atoms with Crippen LogP contribution in [-0.4, -0.2) is 45.7 Å². The number of phenols is 1. The first-order valence-electron chi connectivity index (χ1n) is 10.3. The number of benzene rings is 1. The predicted molar refractivity (Wildman–Crippen MR) is 120 cm³/mol. The van der Waals surface area contributed by atoms with Crippen LogP contribution in [0.3, 0.4) is 0 Å². The molecule has 5 aromatic rings. The van der Waals surface area contributed by atoms with E-state index in [9.17, 15) is 9.90 Å². The molecule has 0 radical (unpaired) electrons. The first-order chi connectivity index (χ1) is 15.7. The fourth-order valence-electron chi connectivity index (χ4n) is 4.31. The van der Waals surface area contributed by atoms with Gasteiger partial charge in [-0.1, -0.05) is 12.1 Å². The Labute approximate surface area is 186 Å². The Morgan fingerprint density at radius 1 is 1.06 bits per heavy atom. The van der Waals surface area contributed by atoms with Gasteiger partial charge in [-0.3, -0.25) is 9.47 Å². The summed E-state index contributed by atoms with van der Waals surface area (Å²) in [5, 5.41) is 14.8. The number of nitrogens with zero attached hydrogens (tertiary/aromatic N) is 7. The molecule has 6 rings (SSSR count). The Balaban J connectivity index is 1.45. The molecule has 0 saturated carbocycles. The van der Waals surface area contributed by atoms with Crippen molar-refractivity contribution in [1.29, 1.82) is 0 Å². The highest BCUT2D eigenvalue weighted by Crippen LogP contribution is 2.36. The standard InChI is InChI=1S/C22H19N7O2S/c30-16-3-1-14(2-4-16)9-28-21-19(20-25-13-26-29(20)22(28)31)17-6-8-27(11-18(17)32-21)10-15-5-7-23-12-24-15/h1-5,7,12-13,30H,6,8-11H2. The van der Waals surface area contributed by atoms with Crippen LogP contribution in [0, 0.1) is 0 Å². The molecule has 1 aliphatic rings. The first-order valence-corrected chi connectivity index (χ1v) is 11.1. The summed E-state index contributed by atoms with van der Waals surface area (Å²) in [4.78, 5) is 30.5. The lowest BCUT2D eigenvalue weighted by Crippen LogP contribution is -2.30. The van der Waals surface area contributed by atoms with Gasteiger partial charge in [-0.15, -0.1) is 11.3 Å². The number of phenolic OH excluding ortho intramolecular Hbond substituents is 1. The summed E-state index contributed by atoms with van der Waals surface area (Å²) in [5.41, 5.74) is 3.58. The van der Waals surface area contributed by atoms with Crippen molar-refractivity contribution >= 4 is 27.2 Å². The van der Waals surface area contributed by atoms with Gasteiger partial charge in [0.2, 0.25) is 0 Å². The van der Waals surface area contributed by atoms with Crippen molar-refractivity contribution in [3.05, 3.63) is 81.4 Å². The van der Waals surface area contributed by atoms with Gasteiger partial charge in [0.15, 0.2) is 5.65 Å². The number of hydrogen-bond acceptors (Lipinski definition) is 8. The van der Waals surface area contributed by atoms with E-state index in [1.807, 2.05) is 18.2 Å². The van der Waals surface area contributed by atoms with Crippen molar-refractivity contribution in [1.82, 2.24) is 34.0 Å². The Morgan fingerprint density at radius 2 is 1.94 bits per heavy atom. The molecule has 4 aromatic heterocycles. The molecule has 0 spiro atoms. The van der Waals surface area contributed by atoms with Crippen LogP contribution < -0.4 is 5.69 Å². The zero-order valence-corrected chi connectivity index (χ0v) is 17.9. The Hall–Kier alpha value is -3.63. The SMILES string of the molecule is O=c1n(Cc2ccc(O)cc2)c2sc3c(c2c2ncnn12)CCN(Cc1ccncn1)C3. The lowest BCUT2D eigenvalue weighted by molar-refractivity contribution is 0.246. The maximum Gasteiger partial charge on any atom is 0.352 e. The molecule has 0 unspecified atom stereocenters. The second-order valence-electron chi connectivity index (χ2n) is 7.88. The molecule has 0 amide bonds. The van der Waals surface area contributed by atoms with Crippen molar-refractivity contribution in [3.8, 4) is 5.75 Å². The zero-order chi connectivity index (χ0) is 21.7. The molecule has 0 atom stereocenters. The number of thiophene rings is 1. The Bertz CT molecular complexity index is 1490. The smallest absolute Gasteiger partial charge is 0.352 e. The van der Waals surface area contributed by atoms with E-state index >= 15 is 0 Å². The van der Waals surface area contributed by atoms with Crippen molar-refractivity contribution in [2.45, 2.75) is 26.1 Å². The van der Waals surface area contributed by atoms with Crippen LogP contribution >= 0.6 is 11.3 Å². The van der Waals surface area contributed by atoms with Crippen LogP contribution in [0.4, 0.5) is 0 Å². The third-order valence-electron chi connectivity index (χ3n) is 5.85. The topological polar surface area (TPSA) is 101 Å². The second kappa shape index (κ2) is 7.50. The molecular formula is C22H19N7O2S. The molecule has 0 aliphatic carbocycles. The van der Waals surface area contributed by atoms with E-state index in [0.717, 1.165) is 47.5 Å². The summed E-state index contributed by atoms with van der Waals surface area (Å²) in [6.45, 7) is 2.86. The van der Waals surface area contributed by atoms with Crippen molar-refractivity contribution in [3.63, 3.8) is 0 Å². The predicted octanol–water partition coefficient (Wildman–Crippen LogP) is 2.21. The average molecular weight is 446 g/mol. The molecule has 0 saturated heterocycles. The fourth-order valence-corrected chi connectivity index (χ4v) is 5.69.